The quantitative estimate of drug-likeness (QED) is 0.762. The largest absolute Gasteiger partial charge is 0.294 e. The minimum atomic E-state index is -0.160. The molecule has 0 radical (unpaired) electrons. The number of ketones is 3. The molecule has 0 aliphatic rings. The number of carbonyl (C=O) groups is 3. The molecule has 102 valence electrons. The number of benzene rings is 1. The molecule has 0 aromatic heterocycles. The Kier molecular flexibility index (Phi) is 4.76. The van der Waals surface area contributed by atoms with Crippen molar-refractivity contribution in [3.05, 3.63) is 33.9 Å². The molecule has 0 atom stereocenters. The van der Waals surface area contributed by atoms with E-state index in [-0.39, 0.29) is 17.3 Å². The topological polar surface area (TPSA) is 51.2 Å². The van der Waals surface area contributed by atoms with E-state index in [1.807, 2.05) is 13.8 Å². The van der Waals surface area contributed by atoms with Crippen molar-refractivity contribution in [2.45, 2.75) is 47.5 Å². The highest BCUT2D eigenvalue weighted by Crippen LogP contribution is 2.26. The third-order valence-corrected chi connectivity index (χ3v) is 3.33. The lowest BCUT2D eigenvalue weighted by molar-refractivity contribution is 0.0978. The zero-order valence-corrected chi connectivity index (χ0v) is 12.2. The van der Waals surface area contributed by atoms with Crippen molar-refractivity contribution in [3.8, 4) is 0 Å². The van der Waals surface area contributed by atoms with E-state index >= 15 is 0 Å². The number of rotatable bonds is 5. The summed E-state index contributed by atoms with van der Waals surface area (Å²) in [6.45, 7) is 8.24. The van der Waals surface area contributed by atoms with E-state index in [2.05, 4.69) is 0 Å². The molecule has 1 aromatic carbocycles. The van der Waals surface area contributed by atoms with Gasteiger partial charge in [-0.3, -0.25) is 14.4 Å². The summed E-state index contributed by atoms with van der Waals surface area (Å²) in [5, 5.41) is 0. The molecule has 0 bridgehead atoms. The Balaban J connectivity index is 3.87. The standard InChI is InChI=1S/C16H20O3/c1-6-12-8-14(9(3)17)16(11(5)19)13(7-2)15(12)10(4)18/h8H,6-7H2,1-5H3. The van der Waals surface area contributed by atoms with E-state index in [0.29, 0.717) is 35.1 Å². The fourth-order valence-corrected chi connectivity index (χ4v) is 2.55. The van der Waals surface area contributed by atoms with E-state index in [1.165, 1.54) is 20.8 Å². The molecule has 0 fully saturated rings. The van der Waals surface area contributed by atoms with E-state index in [1.54, 1.807) is 6.07 Å². The van der Waals surface area contributed by atoms with Crippen molar-refractivity contribution in [1.29, 1.82) is 0 Å². The van der Waals surface area contributed by atoms with E-state index in [9.17, 15) is 14.4 Å². The van der Waals surface area contributed by atoms with Crippen LogP contribution in [0.25, 0.3) is 0 Å². The van der Waals surface area contributed by atoms with E-state index in [0.717, 1.165) is 5.56 Å². The zero-order chi connectivity index (χ0) is 14.7. The second-order valence-corrected chi connectivity index (χ2v) is 4.69. The normalized spacial score (nSPS) is 10.4. The Morgan fingerprint density at radius 3 is 1.68 bits per heavy atom. The van der Waals surface area contributed by atoms with E-state index < -0.39 is 0 Å². The molecular weight excluding hydrogens is 240 g/mol. The Hall–Kier alpha value is -1.77. The molecule has 0 N–H and O–H groups in total. The molecule has 0 heterocycles. The fraction of sp³-hybridized carbons (Fsp3) is 0.438. The second-order valence-electron chi connectivity index (χ2n) is 4.69. The van der Waals surface area contributed by atoms with Crippen molar-refractivity contribution >= 4 is 17.3 Å². The minimum absolute atomic E-state index is 0.0497. The lowest BCUT2D eigenvalue weighted by Crippen LogP contribution is -2.15. The van der Waals surface area contributed by atoms with Gasteiger partial charge in [-0.2, -0.15) is 0 Å². The van der Waals surface area contributed by atoms with Crippen molar-refractivity contribution in [1.82, 2.24) is 0 Å². The number of aryl methyl sites for hydroxylation is 1. The van der Waals surface area contributed by atoms with Gasteiger partial charge in [-0.1, -0.05) is 13.8 Å². The zero-order valence-electron chi connectivity index (χ0n) is 12.2. The number of hydrogen-bond acceptors (Lipinski definition) is 3. The first-order valence-corrected chi connectivity index (χ1v) is 6.56. The molecule has 0 saturated carbocycles. The van der Waals surface area contributed by atoms with Gasteiger partial charge in [-0.25, -0.2) is 0 Å². The monoisotopic (exact) mass is 260 g/mol. The van der Waals surface area contributed by atoms with Crippen LogP contribution in [0.2, 0.25) is 0 Å². The molecule has 0 saturated heterocycles. The maximum atomic E-state index is 11.9. The Labute approximate surface area is 114 Å². The third kappa shape index (κ3) is 2.80. The van der Waals surface area contributed by atoms with Crippen LogP contribution in [0.3, 0.4) is 0 Å². The second kappa shape index (κ2) is 5.91. The summed E-state index contributed by atoms with van der Waals surface area (Å²) in [7, 11) is 0. The average molecular weight is 260 g/mol. The first-order valence-electron chi connectivity index (χ1n) is 6.56. The molecule has 0 amide bonds. The summed E-state index contributed by atoms with van der Waals surface area (Å²) in [5.41, 5.74) is 3.02. The summed E-state index contributed by atoms with van der Waals surface area (Å²) in [6.07, 6.45) is 1.23. The summed E-state index contributed by atoms with van der Waals surface area (Å²) in [5.74, 6) is -0.344. The van der Waals surface area contributed by atoms with Gasteiger partial charge in [0.2, 0.25) is 0 Å². The predicted molar refractivity (Wildman–Crippen MR) is 75.2 cm³/mol. The third-order valence-electron chi connectivity index (χ3n) is 3.33. The maximum absolute atomic E-state index is 11.9. The van der Waals surface area contributed by atoms with Crippen molar-refractivity contribution in [2.24, 2.45) is 0 Å². The summed E-state index contributed by atoms with van der Waals surface area (Å²) in [4.78, 5) is 35.5. The van der Waals surface area contributed by atoms with Crippen LogP contribution in [0.5, 0.6) is 0 Å². The van der Waals surface area contributed by atoms with Crippen LogP contribution in [-0.4, -0.2) is 17.3 Å². The fourth-order valence-electron chi connectivity index (χ4n) is 2.55. The van der Waals surface area contributed by atoms with E-state index in [4.69, 9.17) is 0 Å². The van der Waals surface area contributed by atoms with Gasteiger partial charge >= 0.3 is 0 Å². The number of Topliss-reactive ketones (excluding diaryl/α,β-unsaturated/α-hetero) is 3. The summed E-state index contributed by atoms with van der Waals surface area (Å²) >= 11 is 0. The van der Waals surface area contributed by atoms with Gasteiger partial charge in [-0.05, 0) is 50.8 Å². The molecule has 3 nitrogen and oxygen atoms in total. The SMILES string of the molecule is CCc1cc(C(C)=O)c(C(C)=O)c(CC)c1C(C)=O. The minimum Gasteiger partial charge on any atom is -0.294 e. The highest BCUT2D eigenvalue weighted by atomic mass is 16.1. The summed E-state index contributed by atoms with van der Waals surface area (Å²) < 4.78 is 0. The van der Waals surface area contributed by atoms with Crippen LogP contribution < -0.4 is 0 Å². The molecule has 0 aliphatic carbocycles. The maximum Gasteiger partial charge on any atom is 0.160 e. The van der Waals surface area contributed by atoms with Crippen molar-refractivity contribution < 1.29 is 14.4 Å². The van der Waals surface area contributed by atoms with Gasteiger partial charge in [0.05, 0.1) is 0 Å². The van der Waals surface area contributed by atoms with Crippen LogP contribution >= 0.6 is 0 Å². The molecule has 3 heteroatoms. The first kappa shape index (κ1) is 15.3. The molecule has 0 aliphatic heterocycles. The number of carbonyl (C=O) groups excluding carboxylic acids is 3. The van der Waals surface area contributed by atoms with Gasteiger partial charge in [0.25, 0.3) is 0 Å². The van der Waals surface area contributed by atoms with Crippen molar-refractivity contribution in [2.75, 3.05) is 0 Å². The van der Waals surface area contributed by atoms with Crippen LogP contribution in [0.15, 0.2) is 6.07 Å². The highest BCUT2D eigenvalue weighted by molar-refractivity contribution is 6.11. The lowest BCUT2D eigenvalue weighted by atomic mass is 9.85. The average Bonchev–Trinajstić information content (AvgIpc) is 2.35. The summed E-state index contributed by atoms with van der Waals surface area (Å²) in [6, 6.07) is 1.70. The Morgan fingerprint density at radius 1 is 0.842 bits per heavy atom. The van der Waals surface area contributed by atoms with Gasteiger partial charge in [0, 0.05) is 16.7 Å². The van der Waals surface area contributed by atoms with Gasteiger partial charge in [0.15, 0.2) is 17.3 Å². The molecule has 0 spiro atoms. The van der Waals surface area contributed by atoms with Crippen LogP contribution in [-0.2, 0) is 12.8 Å². The molecule has 0 unspecified atom stereocenters. The Bertz CT molecular complexity index is 554. The molecule has 19 heavy (non-hydrogen) atoms. The smallest absolute Gasteiger partial charge is 0.160 e. The predicted octanol–water partition coefficient (Wildman–Crippen LogP) is 3.42. The van der Waals surface area contributed by atoms with Gasteiger partial charge < -0.3 is 0 Å². The van der Waals surface area contributed by atoms with Crippen LogP contribution in [0, 0.1) is 0 Å². The Morgan fingerprint density at radius 2 is 1.37 bits per heavy atom. The van der Waals surface area contributed by atoms with Crippen LogP contribution in [0.1, 0.15) is 76.8 Å². The molecular formula is C16H20O3. The number of hydrogen-bond donors (Lipinski definition) is 0. The molecule has 1 rings (SSSR count). The lowest BCUT2D eigenvalue weighted by Gasteiger charge is -2.17. The first-order chi connectivity index (χ1) is 8.84. The van der Waals surface area contributed by atoms with Gasteiger partial charge in [-0.15, -0.1) is 0 Å². The van der Waals surface area contributed by atoms with Crippen molar-refractivity contribution in [3.63, 3.8) is 0 Å². The highest BCUT2D eigenvalue weighted by Gasteiger charge is 2.22. The van der Waals surface area contributed by atoms with Crippen LogP contribution in [0.4, 0.5) is 0 Å². The molecule has 1 aromatic rings. The van der Waals surface area contributed by atoms with Gasteiger partial charge in [0.1, 0.15) is 0 Å².